The molecule has 4 rings (SSSR count). The first-order valence-corrected chi connectivity index (χ1v) is 9.35. The molecule has 0 saturated heterocycles. The quantitative estimate of drug-likeness (QED) is 0.637. The van der Waals surface area contributed by atoms with Gasteiger partial charge in [-0.15, -0.1) is 0 Å². The predicted octanol–water partition coefficient (Wildman–Crippen LogP) is 4.54. The van der Waals surface area contributed by atoms with Gasteiger partial charge < -0.3 is 10.1 Å². The van der Waals surface area contributed by atoms with Crippen molar-refractivity contribution in [3.63, 3.8) is 0 Å². The Kier molecular flexibility index (Phi) is 5.06. The Morgan fingerprint density at radius 2 is 1.63 bits per heavy atom. The summed E-state index contributed by atoms with van der Waals surface area (Å²) in [5, 5.41) is 3.07. The molecule has 0 saturated carbocycles. The van der Waals surface area contributed by atoms with Crippen LogP contribution in [-0.2, 0) is 9.59 Å². The average molecular weight is 402 g/mol. The molecule has 1 aliphatic heterocycles. The molecule has 6 heteroatoms. The zero-order valence-electron chi connectivity index (χ0n) is 16.5. The monoisotopic (exact) mass is 402 g/mol. The number of carbonyl (C=O) groups is 2. The number of para-hydroxylation sites is 1. The molecular weight excluding hydrogens is 383 g/mol. The summed E-state index contributed by atoms with van der Waals surface area (Å²) in [6, 6.07) is 19.7. The van der Waals surface area contributed by atoms with E-state index < -0.39 is 17.6 Å². The van der Waals surface area contributed by atoms with E-state index in [1.54, 1.807) is 43.5 Å². The third kappa shape index (κ3) is 3.43. The smallest absolute Gasteiger partial charge is 0.282 e. The number of hydrogen-bond donors (Lipinski definition) is 1. The Morgan fingerprint density at radius 1 is 0.900 bits per heavy atom. The molecule has 1 heterocycles. The van der Waals surface area contributed by atoms with Gasteiger partial charge in [0.25, 0.3) is 11.8 Å². The first kappa shape index (κ1) is 19.4. The predicted molar refractivity (Wildman–Crippen MR) is 114 cm³/mol. The first-order chi connectivity index (χ1) is 14.5. The Bertz CT molecular complexity index is 1170. The van der Waals surface area contributed by atoms with Gasteiger partial charge in [-0.3, -0.25) is 9.59 Å². The van der Waals surface area contributed by atoms with E-state index in [4.69, 9.17) is 4.74 Å². The lowest BCUT2D eigenvalue weighted by Crippen LogP contribution is -2.33. The molecule has 3 aromatic rings. The number of aryl methyl sites for hydroxylation is 1. The van der Waals surface area contributed by atoms with E-state index in [1.165, 1.54) is 24.3 Å². The van der Waals surface area contributed by atoms with E-state index in [-0.39, 0.29) is 11.3 Å². The van der Waals surface area contributed by atoms with Crippen molar-refractivity contribution < 1.29 is 18.7 Å². The fraction of sp³-hybridized carbons (Fsp3) is 0.0833. The molecule has 0 fully saturated rings. The molecule has 0 spiro atoms. The van der Waals surface area contributed by atoms with Crippen LogP contribution in [0, 0.1) is 12.7 Å². The van der Waals surface area contributed by atoms with Gasteiger partial charge in [-0.2, -0.15) is 0 Å². The van der Waals surface area contributed by atoms with Crippen LogP contribution in [0.1, 0.15) is 11.1 Å². The lowest BCUT2D eigenvalue weighted by atomic mass is 10.0. The molecule has 0 unspecified atom stereocenters. The normalized spacial score (nSPS) is 13.8. The van der Waals surface area contributed by atoms with Crippen LogP contribution in [0.25, 0.3) is 5.57 Å². The number of benzene rings is 3. The number of ether oxygens (including phenoxy) is 1. The number of nitrogens with zero attached hydrogens (tertiary/aromatic N) is 1. The third-order valence-electron chi connectivity index (χ3n) is 4.91. The molecule has 2 amide bonds. The minimum Gasteiger partial charge on any atom is -0.497 e. The van der Waals surface area contributed by atoms with Crippen LogP contribution >= 0.6 is 0 Å². The molecule has 1 aliphatic rings. The van der Waals surface area contributed by atoms with Crippen molar-refractivity contribution in [1.82, 2.24) is 0 Å². The largest absolute Gasteiger partial charge is 0.497 e. The SMILES string of the molecule is COc1cccc(NC2=C(c3ccc(F)cc3)C(=O)N(c3ccccc3C)C2=O)c1. The minimum atomic E-state index is -0.476. The van der Waals surface area contributed by atoms with Gasteiger partial charge in [-0.1, -0.05) is 36.4 Å². The van der Waals surface area contributed by atoms with Crippen molar-refractivity contribution >= 4 is 28.8 Å². The van der Waals surface area contributed by atoms with Crippen LogP contribution in [0.3, 0.4) is 0 Å². The molecular formula is C24H19FN2O3. The summed E-state index contributed by atoms with van der Waals surface area (Å²) in [6.45, 7) is 1.83. The van der Waals surface area contributed by atoms with Gasteiger partial charge in [0.2, 0.25) is 0 Å². The Morgan fingerprint density at radius 3 is 2.33 bits per heavy atom. The molecule has 150 valence electrons. The maximum atomic E-state index is 13.5. The van der Waals surface area contributed by atoms with Crippen LogP contribution in [0.2, 0.25) is 0 Å². The number of carbonyl (C=O) groups excluding carboxylic acids is 2. The fourth-order valence-electron chi connectivity index (χ4n) is 3.41. The number of amides is 2. The topological polar surface area (TPSA) is 58.6 Å². The van der Waals surface area contributed by atoms with Crippen LogP contribution < -0.4 is 15.0 Å². The molecule has 0 bridgehead atoms. The number of methoxy groups -OCH3 is 1. The Balaban J connectivity index is 1.83. The van der Waals surface area contributed by atoms with E-state index in [1.807, 2.05) is 19.1 Å². The lowest BCUT2D eigenvalue weighted by Gasteiger charge is -2.17. The second-order valence-corrected chi connectivity index (χ2v) is 6.85. The number of halogens is 1. The van der Waals surface area contributed by atoms with Gasteiger partial charge in [0.05, 0.1) is 18.4 Å². The molecule has 30 heavy (non-hydrogen) atoms. The molecule has 5 nitrogen and oxygen atoms in total. The van der Waals surface area contributed by atoms with Crippen LogP contribution in [0.4, 0.5) is 15.8 Å². The van der Waals surface area contributed by atoms with Crippen molar-refractivity contribution in [3.8, 4) is 5.75 Å². The summed E-state index contributed by atoms with van der Waals surface area (Å²) in [5.41, 5.74) is 2.66. The highest BCUT2D eigenvalue weighted by molar-refractivity contribution is 6.46. The number of rotatable bonds is 5. The minimum absolute atomic E-state index is 0.128. The second kappa shape index (κ2) is 7.83. The number of nitrogens with one attached hydrogen (secondary N) is 1. The maximum absolute atomic E-state index is 13.5. The zero-order chi connectivity index (χ0) is 21.3. The highest BCUT2D eigenvalue weighted by Gasteiger charge is 2.40. The van der Waals surface area contributed by atoms with Gasteiger partial charge in [0.15, 0.2) is 0 Å². The fourth-order valence-corrected chi connectivity index (χ4v) is 3.41. The molecule has 0 aromatic heterocycles. The average Bonchev–Trinajstić information content (AvgIpc) is 2.99. The van der Waals surface area contributed by atoms with E-state index in [9.17, 15) is 14.0 Å². The maximum Gasteiger partial charge on any atom is 0.282 e. The van der Waals surface area contributed by atoms with Gasteiger partial charge in [-0.25, -0.2) is 9.29 Å². The van der Waals surface area contributed by atoms with Crippen LogP contribution in [0.15, 0.2) is 78.5 Å². The number of imide groups is 1. The van der Waals surface area contributed by atoms with Crippen LogP contribution in [-0.4, -0.2) is 18.9 Å². The summed E-state index contributed by atoms with van der Waals surface area (Å²) < 4.78 is 18.7. The number of hydrogen-bond acceptors (Lipinski definition) is 4. The van der Waals surface area contributed by atoms with E-state index in [0.717, 1.165) is 10.5 Å². The molecule has 0 aliphatic carbocycles. The van der Waals surface area contributed by atoms with Crippen LogP contribution in [0.5, 0.6) is 5.75 Å². The Labute approximate surface area is 173 Å². The third-order valence-corrected chi connectivity index (χ3v) is 4.91. The highest BCUT2D eigenvalue weighted by atomic mass is 19.1. The van der Waals surface area contributed by atoms with Gasteiger partial charge in [0.1, 0.15) is 17.3 Å². The van der Waals surface area contributed by atoms with Crippen molar-refractivity contribution in [2.24, 2.45) is 0 Å². The standard InChI is InChI=1S/C24H19FN2O3/c1-15-6-3-4-9-20(15)27-23(28)21(16-10-12-17(25)13-11-16)22(24(27)29)26-18-7-5-8-19(14-18)30-2/h3-14,26H,1-2H3. The zero-order valence-corrected chi connectivity index (χ0v) is 16.5. The lowest BCUT2D eigenvalue weighted by molar-refractivity contribution is -0.120. The summed E-state index contributed by atoms with van der Waals surface area (Å²) >= 11 is 0. The van der Waals surface area contributed by atoms with E-state index in [0.29, 0.717) is 22.7 Å². The summed E-state index contributed by atoms with van der Waals surface area (Å²) in [4.78, 5) is 27.9. The summed E-state index contributed by atoms with van der Waals surface area (Å²) in [5.74, 6) is -0.756. The molecule has 0 atom stereocenters. The van der Waals surface area contributed by atoms with Crippen molar-refractivity contribution in [3.05, 3.63) is 95.4 Å². The van der Waals surface area contributed by atoms with Crippen molar-refractivity contribution in [2.75, 3.05) is 17.3 Å². The van der Waals surface area contributed by atoms with Crippen molar-refractivity contribution in [2.45, 2.75) is 6.92 Å². The van der Waals surface area contributed by atoms with E-state index >= 15 is 0 Å². The molecule has 0 radical (unpaired) electrons. The first-order valence-electron chi connectivity index (χ1n) is 9.35. The molecule has 3 aromatic carbocycles. The van der Waals surface area contributed by atoms with Gasteiger partial charge >= 0.3 is 0 Å². The summed E-state index contributed by atoms with van der Waals surface area (Å²) in [7, 11) is 1.55. The van der Waals surface area contributed by atoms with Crippen molar-refractivity contribution in [1.29, 1.82) is 0 Å². The van der Waals surface area contributed by atoms with E-state index in [2.05, 4.69) is 5.32 Å². The Hall–Kier alpha value is -3.93. The number of anilines is 2. The highest BCUT2D eigenvalue weighted by Crippen LogP contribution is 2.35. The summed E-state index contributed by atoms with van der Waals surface area (Å²) in [6.07, 6.45) is 0. The molecule has 1 N–H and O–H groups in total. The second-order valence-electron chi connectivity index (χ2n) is 6.85. The van der Waals surface area contributed by atoms with Gasteiger partial charge in [-0.05, 0) is 48.4 Å². The van der Waals surface area contributed by atoms with Gasteiger partial charge in [0, 0.05) is 11.8 Å².